The SMILES string of the molecule is CSc1cccc(NC(=O)CCn2c(-c3ccc(F)cc3)cc(C(C)=O)c2C)c1. The minimum Gasteiger partial charge on any atom is -0.344 e. The Bertz CT molecular complexity index is 1040. The molecule has 0 saturated heterocycles. The van der Waals surface area contributed by atoms with E-state index in [0.717, 1.165) is 27.5 Å². The lowest BCUT2D eigenvalue weighted by molar-refractivity contribution is -0.116. The van der Waals surface area contributed by atoms with Crippen LogP contribution in [0, 0.1) is 12.7 Å². The number of thioether (sulfide) groups is 1. The van der Waals surface area contributed by atoms with E-state index in [0.29, 0.717) is 12.1 Å². The number of aromatic nitrogens is 1. The van der Waals surface area contributed by atoms with Gasteiger partial charge >= 0.3 is 0 Å². The summed E-state index contributed by atoms with van der Waals surface area (Å²) in [5, 5.41) is 2.92. The number of amides is 1. The third-order valence-electron chi connectivity index (χ3n) is 4.80. The number of anilines is 1. The second-order valence-electron chi connectivity index (χ2n) is 6.77. The van der Waals surface area contributed by atoms with Gasteiger partial charge in [-0.15, -0.1) is 11.8 Å². The highest BCUT2D eigenvalue weighted by Gasteiger charge is 2.17. The van der Waals surface area contributed by atoms with Gasteiger partial charge in [0.25, 0.3) is 0 Å². The molecule has 3 rings (SSSR count). The average molecular weight is 411 g/mol. The number of carbonyl (C=O) groups is 2. The molecule has 1 N–H and O–H groups in total. The molecule has 4 nitrogen and oxygen atoms in total. The Labute approximate surface area is 174 Å². The predicted octanol–water partition coefficient (Wildman–Crippen LogP) is 5.56. The molecule has 2 aromatic carbocycles. The molecule has 6 heteroatoms. The number of nitrogens with one attached hydrogen (secondary N) is 1. The van der Waals surface area contributed by atoms with Crippen molar-refractivity contribution in [1.29, 1.82) is 0 Å². The molecule has 1 aromatic heterocycles. The molecule has 1 heterocycles. The van der Waals surface area contributed by atoms with E-state index in [2.05, 4.69) is 5.32 Å². The Balaban J connectivity index is 1.81. The molecule has 0 saturated carbocycles. The molecule has 0 unspecified atom stereocenters. The van der Waals surface area contributed by atoms with Gasteiger partial charge in [0.2, 0.25) is 5.91 Å². The summed E-state index contributed by atoms with van der Waals surface area (Å²) in [4.78, 5) is 25.6. The lowest BCUT2D eigenvalue weighted by Crippen LogP contribution is -2.15. The quantitative estimate of drug-likeness (QED) is 0.410. The van der Waals surface area contributed by atoms with Crippen LogP contribution in [0.4, 0.5) is 10.1 Å². The maximum Gasteiger partial charge on any atom is 0.226 e. The van der Waals surface area contributed by atoms with Gasteiger partial charge in [-0.05, 0) is 74.2 Å². The van der Waals surface area contributed by atoms with Crippen molar-refractivity contribution < 1.29 is 14.0 Å². The lowest BCUT2D eigenvalue weighted by atomic mass is 10.1. The van der Waals surface area contributed by atoms with Gasteiger partial charge in [0.05, 0.1) is 0 Å². The molecule has 29 heavy (non-hydrogen) atoms. The lowest BCUT2D eigenvalue weighted by Gasteiger charge is -2.13. The summed E-state index contributed by atoms with van der Waals surface area (Å²) in [6.07, 6.45) is 2.24. The summed E-state index contributed by atoms with van der Waals surface area (Å²) in [6.45, 7) is 3.80. The predicted molar refractivity (Wildman–Crippen MR) is 116 cm³/mol. The minimum absolute atomic E-state index is 0.0389. The van der Waals surface area contributed by atoms with Gasteiger partial charge in [0.15, 0.2) is 5.78 Å². The zero-order valence-electron chi connectivity index (χ0n) is 16.7. The van der Waals surface area contributed by atoms with Gasteiger partial charge < -0.3 is 9.88 Å². The number of nitrogens with zero attached hydrogens (tertiary/aromatic N) is 1. The van der Waals surface area contributed by atoms with Gasteiger partial charge in [-0.25, -0.2) is 4.39 Å². The fourth-order valence-electron chi connectivity index (χ4n) is 3.29. The van der Waals surface area contributed by atoms with Crippen LogP contribution in [-0.4, -0.2) is 22.5 Å². The number of hydrogen-bond acceptors (Lipinski definition) is 3. The maximum atomic E-state index is 13.3. The van der Waals surface area contributed by atoms with Crippen LogP contribution >= 0.6 is 11.8 Å². The van der Waals surface area contributed by atoms with Crippen LogP contribution in [0.1, 0.15) is 29.4 Å². The number of ketones is 1. The van der Waals surface area contributed by atoms with Crippen molar-refractivity contribution in [1.82, 2.24) is 4.57 Å². The molecular weight excluding hydrogens is 387 g/mol. The van der Waals surface area contributed by atoms with Crippen LogP contribution < -0.4 is 5.32 Å². The largest absolute Gasteiger partial charge is 0.344 e. The van der Waals surface area contributed by atoms with Crippen LogP contribution in [0.3, 0.4) is 0 Å². The first-order valence-electron chi connectivity index (χ1n) is 9.30. The molecular formula is C23H23FN2O2S. The van der Waals surface area contributed by atoms with Crippen molar-refractivity contribution in [2.45, 2.75) is 31.7 Å². The highest BCUT2D eigenvalue weighted by Crippen LogP contribution is 2.27. The molecule has 0 fully saturated rings. The van der Waals surface area contributed by atoms with Crippen LogP contribution in [0.25, 0.3) is 11.3 Å². The molecule has 0 aliphatic rings. The molecule has 0 aliphatic heterocycles. The van der Waals surface area contributed by atoms with Crippen LogP contribution in [0.15, 0.2) is 59.5 Å². The fourth-order valence-corrected chi connectivity index (χ4v) is 3.75. The van der Waals surface area contributed by atoms with Crippen molar-refractivity contribution in [3.8, 4) is 11.3 Å². The summed E-state index contributed by atoms with van der Waals surface area (Å²) < 4.78 is 15.3. The van der Waals surface area contributed by atoms with E-state index in [1.54, 1.807) is 23.9 Å². The van der Waals surface area contributed by atoms with Crippen LogP contribution in [0.2, 0.25) is 0 Å². The summed E-state index contributed by atoms with van der Waals surface area (Å²) in [5.41, 5.74) is 3.76. The van der Waals surface area contributed by atoms with Crippen molar-refractivity contribution in [3.63, 3.8) is 0 Å². The molecule has 0 aliphatic carbocycles. The van der Waals surface area contributed by atoms with Crippen molar-refractivity contribution in [3.05, 3.63) is 71.7 Å². The number of rotatable bonds is 7. The molecule has 0 bridgehead atoms. The monoisotopic (exact) mass is 410 g/mol. The average Bonchev–Trinajstić information content (AvgIpc) is 3.03. The first-order valence-corrected chi connectivity index (χ1v) is 10.5. The van der Waals surface area contributed by atoms with Gasteiger partial charge in [-0.2, -0.15) is 0 Å². The number of halogens is 1. The Morgan fingerprint density at radius 3 is 2.48 bits per heavy atom. The third kappa shape index (κ3) is 4.95. The molecule has 0 radical (unpaired) electrons. The highest BCUT2D eigenvalue weighted by molar-refractivity contribution is 7.98. The van der Waals surface area contributed by atoms with E-state index in [1.165, 1.54) is 19.1 Å². The number of Topliss-reactive ketones (excluding diaryl/α,β-unsaturated/α-hetero) is 1. The Kier molecular flexibility index (Phi) is 6.54. The normalized spacial score (nSPS) is 10.8. The van der Waals surface area contributed by atoms with E-state index in [-0.39, 0.29) is 23.9 Å². The summed E-state index contributed by atoms with van der Waals surface area (Å²) in [5.74, 6) is -0.462. The highest BCUT2D eigenvalue weighted by atomic mass is 32.2. The minimum atomic E-state index is -0.317. The fraction of sp³-hybridized carbons (Fsp3) is 0.217. The summed E-state index contributed by atoms with van der Waals surface area (Å²) >= 11 is 1.61. The van der Waals surface area contributed by atoms with Gasteiger partial charge in [0, 0.05) is 40.5 Å². The number of hydrogen-bond donors (Lipinski definition) is 1. The van der Waals surface area contributed by atoms with Gasteiger partial charge in [-0.1, -0.05) is 6.07 Å². The smallest absolute Gasteiger partial charge is 0.226 e. The Morgan fingerprint density at radius 1 is 1.10 bits per heavy atom. The van der Waals surface area contributed by atoms with Crippen LogP contribution in [0.5, 0.6) is 0 Å². The van der Waals surface area contributed by atoms with Gasteiger partial charge in [-0.3, -0.25) is 9.59 Å². The Morgan fingerprint density at radius 2 is 1.83 bits per heavy atom. The zero-order chi connectivity index (χ0) is 21.0. The molecule has 150 valence electrons. The molecule has 0 spiro atoms. The Hall–Kier alpha value is -2.86. The van der Waals surface area contributed by atoms with E-state index in [4.69, 9.17) is 0 Å². The number of carbonyl (C=O) groups excluding carboxylic acids is 2. The topological polar surface area (TPSA) is 51.1 Å². The standard InChI is InChI=1S/C23H23FN2O2S/c1-15-21(16(2)27)14-22(17-7-9-18(24)10-8-17)26(15)12-11-23(28)25-19-5-4-6-20(13-19)29-3/h4-10,13-14H,11-12H2,1-3H3,(H,25,28). The van der Waals surface area contributed by atoms with Crippen LogP contribution in [-0.2, 0) is 11.3 Å². The summed E-state index contributed by atoms with van der Waals surface area (Å²) in [7, 11) is 0. The molecule has 1 amide bonds. The third-order valence-corrected chi connectivity index (χ3v) is 5.53. The van der Waals surface area contributed by atoms with Crippen molar-refractivity contribution in [2.24, 2.45) is 0 Å². The van der Waals surface area contributed by atoms with E-state index in [1.807, 2.05) is 48.1 Å². The molecule has 0 atom stereocenters. The molecule has 3 aromatic rings. The van der Waals surface area contributed by atoms with E-state index < -0.39 is 0 Å². The first kappa shape index (κ1) is 20.9. The number of benzene rings is 2. The summed E-state index contributed by atoms with van der Waals surface area (Å²) in [6, 6.07) is 15.6. The second kappa shape index (κ2) is 9.09. The van der Waals surface area contributed by atoms with Gasteiger partial charge in [0.1, 0.15) is 5.82 Å². The van der Waals surface area contributed by atoms with E-state index in [9.17, 15) is 14.0 Å². The van der Waals surface area contributed by atoms with E-state index >= 15 is 0 Å². The zero-order valence-corrected chi connectivity index (χ0v) is 17.5. The van der Waals surface area contributed by atoms with Crippen molar-refractivity contribution >= 4 is 29.1 Å². The van der Waals surface area contributed by atoms with Crippen molar-refractivity contribution in [2.75, 3.05) is 11.6 Å². The second-order valence-corrected chi connectivity index (χ2v) is 7.65. The first-order chi connectivity index (χ1) is 13.9. The maximum absolute atomic E-state index is 13.3.